The third-order valence-electron chi connectivity index (χ3n) is 4.00. The Bertz CT molecular complexity index is 342. The van der Waals surface area contributed by atoms with Gasteiger partial charge in [-0.05, 0) is 52.4 Å². The quantitative estimate of drug-likeness (QED) is 0.688. The number of carboxylic acid groups (broad SMARTS) is 1. The van der Waals surface area contributed by atoms with Crippen molar-refractivity contribution < 1.29 is 9.90 Å². The molecule has 0 unspecified atom stereocenters. The minimum absolute atomic E-state index is 0.271. The van der Waals surface area contributed by atoms with Crippen LogP contribution < -0.4 is 0 Å². The van der Waals surface area contributed by atoms with Gasteiger partial charge in [0.2, 0.25) is 0 Å². The highest BCUT2D eigenvalue weighted by Gasteiger charge is 2.27. The van der Waals surface area contributed by atoms with Gasteiger partial charge in [0.25, 0.3) is 0 Å². The van der Waals surface area contributed by atoms with Crippen molar-refractivity contribution in [3.8, 4) is 0 Å². The average Bonchev–Trinajstić information content (AvgIpc) is 2.36. The predicted octanol–water partition coefficient (Wildman–Crippen LogP) is 4.96. The Balaban J connectivity index is 2.60. The summed E-state index contributed by atoms with van der Waals surface area (Å²) >= 11 is 0. The minimum Gasteiger partial charge on any atom is -0.481 e. The molecular weight excluding hydrogens is 236 g/mol. The van der Waals surface area contributed by atoms with E-state index in [1.807, 2.05) is 6.08 Å². The van der Waals surface area contributed by atoms with Crippen LogP contribution in [-0.4, -0.2) is 11.1 Å². The van der Waals surface area contributed by atoms with E-state index in [0.29, 0.717) is 5.92 Å². The smallest absolute Gasteiger partial charge is 0.310 e. The van der Waals surface area contributed by atoms with Gasteiger partial charge in [0.1, 0.15) is 0 Å². The van der Waals surface area contributed by atoms with Crippen LogP contribution in [0.5, 0.6) is 0 Å². The molecule has 0 amide bonds. The lowest BCUT2D eigenvalue weighted by Gasteiger charge is -2.26. The standard InChI is InChI=1S/C17H28O2/c1-13(2)8-7-9-14(3)12-16(17(18)19)15-10-5-4-6-11-15/h8,12,15-16H,4-7,9-11H2,1-3H3,(H,18,19)/b14-12-/t16-/m0/s1. The highest BCUT2D eigenvalue weighted by Crippen LogP contribution is 2.32. The largest absolute Gasteiger partial charge is 0.481 e. The molecule has 19 heavy (non-hydrogen) atoms. The molecule has 1 aliphatic carbocycles. The van der Waals surface area contributed by atoms with Crippen LogP contribution >= 0.6 is 0 Å². The molecule has 0 aromatic carbocycles. The van der Waals surface area contributed by atoms with Gasteiger partial charge >= 0.3 is 5.97 Å². The predicted molar refractivity (Wildman–Crippen MR) is 80.1 cm³/mol. The maximum atomic E-state index is 11.5. The van der Waals surface area contributed by atoms with Crippen LogP contribution in [0.1, 0.15) is 65.7 Å². The van der Waals surface area contributed by atoms with Gasteiger partial charge in [-0.3, -0.25) is 4.79 Å². The van der Waals surface area contributed by atoms with E-state index < -0.39 is 5.97 Å². The molecule has 0 radical (unpaired) electrons. The molecule has 2 heteroatoms. The fraction of sp³-hybridized carbons (Fsp3) is 0.706. The first-order valence-electron chi connectivity index (χ1n) is 7.54. The Kier molecular flexibility index (Phi) is 6.90. The molecule has 1 N–H and O–H groups in total. The Morgan fingerprint density at radius 2 is 1.84 bits per heavy atom. The van der Waals surface area contributed by atoms with Crippen molar-refractivity contribution in [3.63, 3.8) is 0 Å². The van der Waals surface area contributed by atoms with Crippen molar-refractivity contribution in [2.75, 3.05) is 0 Å². The lowest BCUT2D eigenvalue weighted by Crippen LogP contribution is -2.24. The molecule has 0 heterocycles. The fourth-order valence-electron chi connectivity index (χ4n) is 2.88. The molecule has 0 aromatic heterocycles. The topological polar surface area (TPSA) is 37.3 Å². The average molecular weight is 264 g/mol. The molecule has 1 aliphatic rings. The van der Waals surface area contributed by atoms with Crippen molar-refractivity contribution in [1.29, 1.82) is 0 Å². The molecule has 1 atom stereocenters. The second kappa shape index (κ2) is 8.19. The van der Waals surface area contributed by atoms with Gasteiger partial charge in [0.15, 0.2) is 0 Å². The summed E-state index contributed by atoms with van der Waals surface area (Å²) in [6.07, 6.45) is 12.0. The van der Waals surface area contributed by atoms with Gasteiger partial charge in [-0.15, -0.1) is 0 Å². The van der Waals surface area contributed by atoms with Crippen LogP contribution in [0.3, 0.4) is 0 Å². The van der Waals surface area contributed by atoms with Crippen LogP contribution in [-0.2, 0) is 4.79 Å². The Labute approximate surface area is 117 Å². The molecule has 1 rings (SSSR count). The number of rotatable bonds is 6. The van der Waals surface area contributed by atoms with E-state index in [1.165, 1.54) is 30.4 Å². The van der Waals surface area contributed by atoms with Gasteiger partial charge in [-0.2, -0.15) is 0 Å². The summed E-state index contributed by atoms with van der Waals surface area (Å²) in [5, 5.41) is 9.43. The zero-order chi connectivity index (χ0) is 14.3. The minimum atomic E-state index is -0.645. The van der Waals surface area contributed by atoms with E-state index in [4.69, 9.17) is 0 Å². The van der Waals surface area contributed by atoms with E-state index >= 15 is 0 Å². The van der Waals surface area contributed by atoms with Crippen LogP contribution in [0, 0.1) is 11.8 Å². The normalized spacial score (nSPS) is 19.0. The second-order valence-electron chi connectivity index (χ2n) is 6.10. The van der Waals surface area contributed by atoms with Crippen molar-refractivity contribution in [2.24, 2.45) is 11.8 Å². The van der Waals surface area contributed by atoms with E-state index in [2.05, 4.69) is 26.8 Å². The molecule has 0 spiro atoms. The number of hydrogen-bond donors (Lipinski definition) is 1. The van der Waals surface area contributed by atoms with E-state index in [-0.39, 0.29) is 5.92 Å². The van der Waals surface area contributed by atoms with E-state index in [1.54, 1.807) is 0 Å². The zero-order valence-electron chi connectivity index (χ0n) is 12.6. The van der Waals surface area contributed by atoms with Crippen molar-refractivity contribution in [1.82, 2.24) is 0 Å². The number of allylic oxidation sites excluding steroid dienone is 3. The molecule has 0 saturated heterocycles. The maximum Gasteiger partial charge on any atom is 0.310 e. The summed E-state index contributed by atoms with van der Waals surface area (Å²) in [6.45, 7) is 6.26. The summed E-state index contributed by atoms with van der Waals surface area (Å²) in [6, 6.07) is 0. The van der Waals surface area contributed by atoms with Gasteiger partial charge in [-0.1, -0.05) is 42.6 Å². The van der Waals surface area contributed by atoms with Gasteiger partial charge < -0.3 is 5.11 Å². The van der Waals surface area contributed by atoms with Crippen molar-refractivity contribution in [3.05, 3.63) is 23.3 Å². The maximum absolute atomic E-state index is 11.5. The highest BCUT2D eigenvalue weighted by molar-refractivity contribution is 5.72. The first-order valence-corrected chi connectivity index (χ1v) is 7.54. The molecule has 2 nitrogen and oxygen atoms in total. The van der Waals surface area contributed by atoms with Gasteiger partial charge in [0, 0.05) is 0 Å². The number of carbonyl (C=O) groups is 1. The summed E-state index contributed by atoms with van der Waals surface area (Å²) in [7, 11) is 0. The van der Waals surface area contributed by atoms with Crippen LogP contribution in [0.15, 0.2) is 23.3 Å². The zero-order valence-corrected chi connectivity index (χ0v) is 12.6. The molecule has 1 fully saturated rings. The molecule has 108 valence electrons. The SMILES string of the molecule is CC(C)=CCC/C(C)=C\[C@H](C(=O)O)C1CCCCC1. The van der Waals surface area contributed by atoms with Crippen LogP contribution in [0.25, 0.3) is 0 Å². The molecule has 1 saturated carbocycles. The molecule has 0 aliphatic heterocycles. The highest BCUT2D eigenvalue weighted by atomic mass is 16.4. The third-order valence-corrected chi connectivity index (χ3v) is 4.00. The van der Waals surface area contributed by atoms with Gasteiger partial charge in [0.05, 0.1) is 5.92 Å². The monoisotopic (exact) mass is 264 g/mol. The number of carboxylic acids is 1. The Hall–Kier alpha value is -1.05. The molecule has 0 bridgehead atoms. The van der Waals surface area contributed by atoms with E-state index in [0.717, 1.165) is 25.7 Å². The Morgan fingerprint density at radius 1 is 1.21 bits per heavy atom. The third kappa shape index (κ3) is 6.09. The second-order valence-corrected chi connectivity index (χ2v) is 6.10. The first-order chi connectivity index (χ1) is 9.00. The summed E-state index contributed by atoms with van der Waals surface area (Å²) in [4.78, 5) is 11.5. The van der Waals surface area contributed by atoms with E-state index in [9.17, 15) is 9.90 Å². The van der Waals surface area contributed by atoms with Crippen LogP contribution in [0.2, 0.25) is 0 Å². The summed E-state index contributed by atoms with van der Waals surface area (Å²) in [5.41, 5.74) is 2.55. The fourth-order valence-corrected chi connectivity index (χ4v) is 2.88. The summed E-state index contributed by atoms with van der Waals surface area (Å²) in [5.74, 6) is -0.565. The van der Waals surface area contributed by atoms with Crippen molar-refractivity contribution in [2.45, 2.75) is 65.7 Å². The Morgan fingerprint density at radius 3 is 2.37 bits per heavy atom. The molecular formula is C17H28O2. The molecule has 0 aromatic rings. The lowest BCUT2D eigenvalue weighted by atomic mass is 9.79. The van der Waals surface area contributed by atoms with Gasteiger partial charge in [-0.25, -0.2) is 0 Å². The number of hydrogen-bond acceptors (Lipinski definition) is 1. The van der Waals surface area contributed by atoms with Crippen LogP contribution in [0.4, 0.5) is 0 Å². The number of aliphatic carboxylic acids is 1. The lowest BCUT2D eigenvalue weighted by molar-refractivity contribution is -0.142. The summed E-state index contributed by atoms with van der Waals surface area (Å²) < 4.78 is 0. The van der Waals surface area contributed by atoms with Crippen molar-refractivity contribution >= 4 is 5.97 Å². The first kappa shape index (κ1) is 16.0.